The Bertz CT molecular complexity index is 963. The first-order valence-electron chi connectivity index (χ1n) is 8.38. The monoisotopic (exact) mass is 485 g/mol. The zero-order valence-electron chi connectivity index (χ0n) is 15.1. The minimum absolute atomic E-state index is 0.0147. The number of primary sulfonamides is 1. The molecule has 0 unspecified atom stereocenters. The third-order valence-electron chi connectivity index (χ3n) is 3.62. The van der Waals surface area contributed by atoms with Crippen LogP contribution in [0.15, 0.2) is 51.8 Å². The molecule has 0 saturated carbocycles. The Hall–Kier alpha value is -2.01. The van der Waals surface area contributed by atoms with E-state index >= 15 is 0 Å². The summed E-state index contributed by atoms with van der Waals surface area (Å²) >= 11 is 8.52. The summed E-state index contributed by atoms with van der Waals surface area (Å²) in [5.74, 6) is 0.278. The van der Waals surface area contributed by atoms with E-state index in [-0.39, 0.29) is 15.9 Å². The molecule has 0 heterocycles. The molecule has 0 aromatic heterocycles. The number of nitrogens with two attached hydrogens (primary N) is 1. The molecule has 0 aliphatic carbocycles. The SMILES string of the molecule is CCCCOc1ccc(C(=O)NC(=S)Nc2ccc(S(N)(=O)=O)cc2)cc1Br. The van der Waals surface area contributed by atoms with E-state index in [1.165, 1.54) is 24.3 Å². The first-order valence-corrected chi connectivity index (χ1v) is 11.1. The van der Waals surface area contributed by atoms with Crippen molar-refractivity contribution in [1.82, 2.24) is 5.32 Å². The van der Waals surface area contributed by atoms with Crippen molar-refractivity contribution >= 4 is 54.9 Å². The molecule has 150 valence electrons. The number of anilines is 1. The van der Waals surface area contributed by atoms with E-state index in [9.17, 15) is 13.2 Å². The number of hydrogen-bond donors (Lipinski definition) is 3. The van der Waals surface area contributed by atoms with Crippen molar-refractivity contribution in [3.05, 3.63) is 52.5 Å². The summed E-state index contributed by atoms with van der Waals surface area (Å²) in [6.07, 6.45) is 1.99. The van der Waals surface area contributed by atoms with Crippen LogP contribution >= 0.6 is 28.1 Å². The second-order valence-corrected chi connectivity index (χ2v) is 8.65. The van der Waals surface area contributed by atoms with E-state index < -0.39 is 10.0 Å². The van der Waals surface area contributed by atoms with Gasteiger partial charge in [0.15, 0.2) is 5.11 Å². The summed E-state index contributed by atoms with van der Waals surface area (Å²) < 4.78 is 28.8. The van der Waals surface area contributed by atoms with E-state index in [0.29, 0.717) is 28.1 Å². The highest BCUT2D eigenvalue weighted by atomic mass is 79.9. The van der Waals surface area contributed by atoms with Crippen molar-refractivity contribution < 1.29 is 17.9 Å². The molecule has 0 spiro atoms. The van der Waals surface area contributed by atoms with Gasteiger partial charge >= 0.3 is 0 Å². The molecule has 1 amide bonds. The first kappa shape index (κ1) is 22.3. The van der Waals surface area contributed by atoms with Gasteiger partial charge in [-0.05, 0) is 77.0 Å². The fourth-order valence-corrected chi connectivity index (χ4v) is 3.37. The summed E-state index contributed by atoms with van der Waals surface area (Å²) in [7, 11) is -3.76. The standard InChI is InChI=1S/C18H20BrN3O4S2/c1-2-3-10-26-16-9-4-12(11-15(16)19)17(23)22-18(27)21-13-5-7-14(8-6-13)28(20,24)25/h4-9,11H,2-3,10H2,1H3,(H2,20,24,25)(H2,21,22,23,27). The molecule has 4 N–H and O–H groups in total. The quantitative estimate of drug-likeness (QED) is 0.409. The molecular formula is C18H20BrN3O4S2. The van der Waals surface area contributed by atoms with Gasteiger partial charge in [-0.3, -0.25) is 10.1 Å². The van der Waals surface area contributed by atoms with Crippen molar-refractivity contribution in [3.63, 3.8) is 0 Å². The molecule has 2 rings (SSSR count). The molecule has 0 aliphatic rings. The number of carbonyl (C=O) groups excluding carboxylic acids is 1. The van der Waals surface area contributed by atoms with E-state index in [4.69, 9.17) is 22.1 Å². The maximum atomic E-state index is 12.4. The van der Waals surface area contributed by atoms with Gasteiger partial charge in [-0.1, -0.05) is 13.3 Å². The number of amides is 1. The number of ether oxygens (including phenoxy) is 1. The number of benzene rings is 2. The summed E-state index contributed by atoms with van der Waals surface area (Å²) in [5, 5.41) is 10.5. The third-order valence-corrected chi connectivity index (χ3v) is 5.37. The average Bonchev–Trinajstić information content (AvgIpc) is 2.62. The number of sulfonamides is 1. The fraction of sp³-hybridized carbons (Fsp3) is 0.222. The van der Waals surface area contributed by atoms with E-state index in [1.54, 1.807) is 18.2 Å². The number of halogens is 1. The number of rotatable bonds is 7. The number of hydrogen-bond acceptors (Lipinski definition) is 5. The molecule has 0 aliphatic heterocycles. The Labute approximate surface area is 177 Å². The molecule has 2 aromatic carbocycles. The zero-order chi connectivity index (χ0) is 20.7. The average molecular weight is 486 g/mol. The lowest BCUT2D eigenvalue weighted by Crippen LogP contribution is -2.34. The van der Waals surface area contributed by atoms with Crippen molar-refractivity contribution in [2.45, 2.75) is 24.7 Å². The van der Waals surface area contributed by atoms with E-state index in [2.05, 4.69) is 33.5 Å². The lowest BCUT2D eigenvalue weighted by Gasteiger charge is -2.12. The number of nitrogens with one attached hydrogen (secondary N) is 2. The molecule has 0 saturated heterocycles. The highest BCUT2D eigenvalue weighted by Crippen LogP contribution is 2.26. The Morgan fingerprint density at radius 2 is 1.89 bits per heavy atom. The molecule has 0 bridgehead atoms. The van der Waals surface area contributed by atoms with E-state index in [1.807, 2.05) is 0 Å². The van der Waals surface area contributed by atoms with Gasteiger partial charge in [0.2, 0.25) is 10.0 Å². The molecule has 0 radical (unpaired) electrons. The molecular weight excluding hydrogens is 466 g/mol. The summed E-state index contributed by atoms with van der Waals surface area (Å²) in [6.45, 7) is 2.69. The smallest absolute Gasteiger partial charge is 0.257 e. The highest BCUT2D eigenvalue weighted by molar-refractivity contribution is 9.10. The van der Waals surface area contributed by atoms with Crippen LogP contribution in [0.5, 0.6) is 5.75 Å². The fourth-order valence-electron chi connectivity index (χ4n) is 2.15. The highest BCUT2D eigenvalue weighted by Gasteiger charge is 2.12. The van der Waals surface area contributed by atoms with Gasteiger partial charge in [0.25, 0.3) is 5.91 Å². The van der Waals surface area contributed by atoms with Crippen LogP contribution in [0, 0.1) is 0 Å². The lowest BCUT2D eigenvalue weighted by molar-refractivity contribution is 0.0977. The van der Waals surface area contributed by atoms with Crippen LogP contribution in [0.25, 0.3) is 0 Å². The van der Waals surface area contributed by atoms with Gasteiger partial charge in [0.1, 0.15) is 5.75 Å². The van der Waals surface area contributed by atoms with Crippen molar-refractivity contribution in [3.8, 4) is 5.75 Å². The summed E-state index contributed by atoms with van der Waals surface area (Å²) in [6, 6.07) is 10.7. The summed E-state index contributed by atoms with van der Waals surface area (Å²) in [5.41, 5.74) is 0.919. The Morgan fingerprint density at radius 1 is 1.21 bits per heavy atom. The third kappa shape index (κ3) is 6.55. The second kappa shape index (κ2) is 9.97. The topological polar surface area (TPSA) is 111 Å². The Kier molecular flexibility index (Phi) is 7.93. The largest absolute Gasteiger partial charge is 0.492 e. The minimum Gasteiger partial charge on any atom is -0.492 e. The van der Waals surface area contributed by atoms with Crippen molar-refractivity contribution in [2.24, 2.45) is 5.14 Å². The van der Waals surface area contributed by atoms with Crippen LogP contribution < -0.4 is 20.5 Å². The lowest BCUT2D eigenvalue weighted by atomic mass is 10.2. The molecule has 0 fully saturated rings. The van der Waals surface area contributed by atoms with Gasteiger partial charge < -0.3 is 10.1 Å². The molecule has 10 heteroatoms. The van der Waals surface area contributed by atoms with Gasteiger partial charge in [-0.15, -0.1) is 0 Å². The second-order valence-electron chi connectivity index (χ2n) is 5.82. The predicted octanol–water partition coefficient (Wildman–Crippen LogP) is 3.40. The normalized spacial score (nSPS) is 11.0. The molecule has 7 nitrogen and oxygen atoms in total. The van der Waals surface area contributed by atoms with Crippen LogP contribution in [-0.4, -0.2) is 26.0 Å². The van der Waals surface area contributed by atoms with Crippen LogP contribution in [0.2, 0.25) is 0 Å². The maximum absolute atomic E-state index is 12.4. The Balaban J connectivity index is 1.96. The van der Waals surface area contributed by atoms with Gasteiger partial charge in [-0.2, -0.15) is 0 Å². The number of thiocarbonyl (C=S) groups is 1. The van der Waals surface area contributed by atoms with Gasteiger partial charge in [0.05, 0.1) is 16.0 Å². The van der Waals surface area contributed by atoms with Crippen LogP contribution in [-0.2, 0) is 10.0 Å². The molecule has 0 atom stereocenters. The number of unbranched alkanes of at least 4 members (excludes halogenated alkanes) is 1. The van der Waals surface area contributed by atoms with Crippen molar-refractivity contribution in [2.75, 3.05) is 11.9 Å². The van der Waals surface area contributed by atoms with Crippen molar-refractivity contribution in [1.29, 1.82) is 0 Å². The summed E-state index contributed by atoms with van der Waals surface area (Å²) in [4.78, 5) is 12.3. The zero-order valence-corrected chi connectivity index (χ0v) is 18.3. The molecule has 28 heavy (non-hydrogen) atoms. The van der Waals surface area contributed by atoms with Gasteiger partial charge in [-0.25, -0.2) is 13.6 Å². The van der Waals surface area contributed by atoms with Crippen LogP contribution in [0.3, 0.4) is 0 Å². The van der Waals surface area contributed by atoms with E-state index in [0.717, 1.165) is 12.8 Å². The van der Waals surface area contributed by atoms with Crippen LogP contribution in [0.4, 0.5) is 5.69 Å². The van der Waals surface area contributed by atoms with Crippen LogP contribution in [0.1, 0.15) is 30.1 Å². The Morgan fingerprint density at radius 3 is 2.46 bits per heavy atom. The molecule has 2 aromatic rings. The predicted molar refractivity (Wildman–Crippen MR) is 116 cm³/mol. The maximum Gasteiger partial charge on any atom is 0.257 e. The number of carbonyl (C=O) groups is 1. The minimum atomic E-state index is -3.76. The first-order chi connectivity index (χ1) is 13.2. The van der Waals surface area contributed by atoms with Gasteiger partial charge in [0, 0.05) is 11.3 Å².